The van der Waals surface area contributed by atoms with Crippen LogP contribution in [0, 0.1) is 34.0 Å². The molecule has 0 radical (unpaired) electrons. The minimum atomic E-state index is -0.846. The number of aryl methyl sites for hydroxylation is 1. The second-order valence-corrected chi connectivity index (χ2v) is 12.4. The van der Waals surface area contributed by atoms with Crippen LogP contribution in [-0.4, -0.2) is 11.7 Å². The lowest BCUT2D eigenvalue weighted by molar-refractivity contribution is 0.0203. The van der Waals surface area contributed by atoms with Crippen LogP contribution < -0.4 is 0 Å². The van der Waals surface area contributed by atoms with Gasteiger partial charge in [0.15, 0.2) is 5.06 Å². The third-order valence-electron chi connectivity index (χ3n) is 9.63. The summed E-state index contributed by atoms with van der Waals surface area (Å²) in [5, 5.41) is 19.6. The van der Waals surface area contributed by atoms with Crippen LogP contribution in [0.1, 0.15) is 120 Å². The maximum absolute atomic E-state index is 10.3. The zero-order valence-electron chi connectivity index (χ0n) is 22.8. The smallest absolute Gasteiger partial charge is 0.167 e. The summed E-state index contributed by atoms with van der Waals surface area (Å²) >= 11 is 6.92. The van der Waals surface area contributed by atoms with Gasteiger partial charge in [0.2, 0.25) is 0 Å². The number of nitrogens with zero attached hydrogens (tertiary/aromatic N) is 2. The quantitative estimate of drug-likeness (QED) is 0.205. The van der Waals surface area contributed by atoms with Crippen molar-refractivity contribution >= 4 is 11.6 Å². The Labute approximate surface area is 229 Å². The number of unbranched alkanes of at least 4 members (excludes halogenated alkanes) is 3. The molecule has 2 bridgehead atoms. The molecule has 37 heavy (non-hydrogen) atoms. The summed E-state index contributed by atoms with van der Waals surface area (Å²) in [6, 6.07) is 9.20. The molecule has 0 aliphatic heterocycles. The normalized spacial score (nSPS) is 30.2. The zero-order valence-corrected chi connectivity index (χ0v) is 23.6. The Bertz CT molecular complexity index is 1070. The molecule has 1 aromatic carbocycles. The second-order valence-electron chi connectivity index (χ2n) is 11.8. The maximum atomic E-state index is 10.3. The van der Waals surface area contributed by atoms with Crippen LogP contribution in [0.15, 0.2) is 36.4 Å². The molecule has 0 saturated heterocycles. The third-order valence-corrected chi connectivity index (χ3v) is 10.1. The number of nitriles is 2. The molecule has 0 spiro atoms. The van der Waals surface area contributed by atoms with Crippen LogP contribution in [-0.2, 0) is 16.6 Å². The zero-order chi connectivity index (χ0) is 26.4. The summed E-state index contributed by atoms with van der Waals surface area (Å²) < 4.78 is 6.09. The Morgan fingerprint density at radius 1 is 0.919 bits per heavy atom. The summed E-state index contributed by atoms with van der Waals surface area (Å²) in [7, 11) is 0. The number of fused-ring (bicyclic) bond motifs is 3. The fourth-order valence-electron chi connectivity index (χ4n) is 7.10. The van der Waals surface area contributed by atoms with Crippen molar-refractivity contribution in [2.75, 3.05) is 6.61 Å². The first-order valence-corrected chi connectivity index (χ1v) is 15.0. The number of benzene rings is 1. The predicted octanol–water partition coefficient (Wildman–Crippen LogP) is 9.03. The summed E-state index contributed by atoms with van der Waals surface area (Å²) in [4.78, 5) is 0. The van der Waals surface area contributed by atoms with Crippen molar-refractivity contribution in [1.82, 2.24) is 0 Å². The van der Waals surface area contributed by atoms with Crippen molar-refractivity contribution < 1.29 is 4.74 Å². The molecule has 0 amide bonds. The van der Waals surface area contributed by atoms with E-state index >= 15 is 0 Å². The summed E-state index contributed by atoms with van der Waals surface area (Å²) in [5.41, 5.74) is 3.87. The van der Waals surface area contributed by atoms with E-state index in [2.05, 4.69) is 44.2 Å². The number of halogens is 1. The molecule has 2 unspecified atom stereocenters. The van der Waals surface area contributed by atoms with Gasteiger partial charge in [0.1, 0.15) is 12.1 Å². The van der Waals surface area contributed by atoms with Gasteiger partial charge in [-0.25, -0.2) is 0 Å². The molecule has 4 heteroatoms. The van der Waals surface area contributed by atoms with Gasteiger partial charge in [-0.3, -0.25) is 0 Å². The van der Waals surface area contributed by atoms with Crippen LogP contribution in [0.2, 0.25) is 0 Å². The van der Waals surface area contributed by atoms with Crippen LogP contribution in [0.25, 0.3) is 0 Å². The summed E-state index contributed by atoms with van der Waals surface area (Å²) in [6.45, 7) is 5.05. The van der Waals surface area contributed by atoms with Crippen LogP contribution in [0.4, 0.5) is 0 Å². The fourth-order valence-corrected chi connectivity index (χ4v) is 7.44. The Morgan fingerprint density at radius 2 is 1.62 bits per heavy atom. The fraction of sp³-hybridized carbons (Fsp3) is 0.636. The van der Waals surface area contributed by atoms with Gasteiger partial charge in [0, 0.05) is 12.5 Å². The molecule has 2 atom stereocenters. The van der Waals surface area contributed by atoms with E-state index < -0.39 is 5.06 Å². The van der Waals surface area contributed by atoms with Gasteiger partial charge in [-0.1, -0.05) is 81.5 Å². The Kier molecular flexibility index (Phi) is 9.21. The minimum absolute atomic E-state index is 0.0175. The van der Waals surface area contributed by atoms with Gasteiger partial charge in [0.05, 0.1) is 11.1 Å². The maximum Gasteiger partial charge on any atom is 0.167 e. The van der Waals surface area contributed by atoms with Gasteiger partial charge in [0.25, 0.3) is 0 Å². The molecule has 3 fully saturated rings. The van der Waals surface area contributed by atoms with Gasteiger partial charge >= 0.3 is 0 Å². The van der Waals surface area contributed by atoms with Crippen molar-refractivity contribution in [2.45, 2.75) is 114 Å². The molecular formula is C33H43ClN2O. The van der Waals surface area contributed by atoms with E-state index in [1.165, 1.54) is 44.9 Å². The second kappa shape index (κ2) is 12.2. The van der Waals surface area contributed by atoms with Gasteiger partial charge in [-0.05, 0) is 92.2 Å². The Balaban J connectivity index is 1.50. The minimum Gasteiger partial charge on any atom is -0.355 e. The highest BCUT2D eigenvalue weighted by Crippen LogP contribution is 2.60. The molecule has 0 N–H and O–H groups in total. The van der Waals surface area contributed by atoms with Crippen molar-refractivity contribution in [2.24, 2.45) is 11.3 Å². The number of hydrogen-bond donors (Lipinski definition) is 0. The van der Waals surface area contributed by atoms with E-state index in [4.69, 9.17) is 16.3 Å². The van der Waals surface area contributed by atoms with Crippen LogP contribution >= 0.6 is 11.6 Å². The number of rotatable bonds is 12. The largest absolute Gasteiger partial charge is 0.355 e. The molecular weight excluding hydrogens is 476 g/mol. The number of alkyl halides is 1. The Morgan fingerprint density at radius 3 is 2.27 bits per heavy atom. The highest BCUT2D eigenvalue weighted by atomic mass is 35.5. The molecule has 4 aliphatic rings. The molecule has 0 heterocycles. The van der Waals surface area contributed by atoms with Crippen molar-refractivity contribution in [3.63, 3.8) is 0 Å². The molecule has 3 nitrogen and oxygen atoms in total. The van der Waals surface area contributed by atoms with Gasteiger partial charge in [-0.2, -0.15) is 10.5 Å². The number of ether oxygens (including phenoxy) is 1. The average molecular weight is 519 g/mol. The predicted molar refractivity (Wildman–Crippen MR) is 151 cm³/mol. The Hall–Kier alpha value is -2.07. The van der Waals surface area contributed by atoms with E-state index in [0.717, 1.165) is 49.7 Å². The van der Waals surface area contributed by atoms with E-state index in [0.29, 0.717) is 29.6 Å². The lowest BCUT2D eigenvalue weighted by Gasteiger charge is -2.54. The van der Waals surface area contributed by atoms with Crippen LogP contribution in [0.5, 0.6) is 0 Å². The van der Waals surface area contributed by atoms with E-state index in [1.807, 2.05) is 18.2 Å². The first-order chi connectivity index (χ1) is 17.9. The monoisotopic (exact) mass is 518 g/mol. The first-order valence-electron chi connectivity index (χ1n) is 14.6. The third kappa shape index (κ3) is 5.85. The topological polar surface area (TPSA) is 56.8 Å². The molecule has 4 aliphatic carbocycles. The van der Waals surface area contributed by atoms with Gasteiger partial charge < -0.3 is 4.74 Å². The highest BCUT2D eigenvalue weighted by Gasteiger charge is 2.49. The SMILES string of the molecule is CCCCCC12CCC(c3ccc(CCC4C=CC=CC4(Cl)OCCCC)c(C#N)c3C#N)(CC1)CC2. The first kappa shape index (κ1) is 28.0. The van der Waals surface area contributed by atoms with Crippen molar-refractivity contribution in [1.29, 1.82) is 10.5 Å². The lowest BCUT2D eigenvalue weighted by Crippen LogP contribution is -2.44. The van der Waals surface area contributed by atoms with Gasteiger partial charge in [-0.15, -0.1) is 0 Å². The standard InChI is InChI=1S/C33H43ClN2O/c1-3-5-8-15-31-17-20-32(21-18-31,22-19-31)30-14-12-26(28(24-35)29(30)25-36)11-13-27-10-7-9-16-33(27,34)37-23-6-4-2/h7,9-10,12,14,16,27H,3-6,8,11,13,15,17-23H2,1-2H3. The van der Waals surface area contributed by atoms with E-state index in [1.54, 1.807) is 0 Å². The number of hydrogen-bond acceptors (Lipinski definition) is 3. The molecule has 0 aromatic heterocycles. The van der Waals surface area contributed by atoms with E-state index in [-0.39, 0.29) is 11.3 Å². The van der Waals surface area contributed by atoms with Crippen LogP contribution in [0.3, 0.4) is 0 Å². The van der Waals surface area contributed by atoms with E-state index in [9.17, 15) is 10.5 Å². The van der Waals surface area contributed by atoms with Crippen molar-refractivity contribution in [3.05, 3.63) is 58.7 Å². The molecule has 1 aromatic rings. The average Bonchev–Trinajstić information content (AvgIpc) is 2.93. The van der Waals surface area contributed by atoms with Crippen molar-refractivity contribution in [3.8, 4) is 12.1 Å². The number of allylic oxidation sites excluding steroid dienone is 2. The summed E-state index contributed by atoms with van der Waals surface area (Å²) in [5.74, 6) is 0.0175. The molecule has 5 rings (SSSR count). The lowest BCUT2D eigenvalue weighted by atomic mass is 9.50. The molecule has 198 valence electrons. The summed E-state index contributed by atoms with van der Waals surface area (Å²) in [6.07, 6.45) is 24.1. The highest BCUT2D eigenvalue weighted by molar-refractivity contribution is 6.24. The molecule has 3 saturated carbocycles.